The number of carbonyl (C=O) groups is 1. The average Bonchev–Trinajstić information content (AvgIpc) is 2.12. The van der Waals surface area contributed by atoms with Gasteiger partial charge in [0, 0.05) is 6.42 Å². The van der Waals surface area contributed by atoms with Crippen LogP contribution in [0.3, 0.4) is 0 Å². The molecule has 3 N–H and O–H groups in total. The van der Waals surface area contributed by atoms with E-state index in [9.17, 15) is 4.79 Å². The maximum absolute atomic E-state index is 11.5. The Bertz CT molecular complexity index is 194. The second-order valence-electron chi connectivity index (χ2n) is 5.10. The predicted molar refractivity (Wildman–Crippen MR) is 59.3 cm³/mol. The van der Waals surface area contributed by atoms with Crippen LogP contribution in [0.1, 0.15) is 34.1 Å². The molecule has 0 heterocycles. The number of aliphatic hydroxyl groups excluding tert-OH is 2. The zero-order valence-electron chi connectivity index (χ0n) is 10.1. The molecule has 0 aromatic carbocycles. The highest BCUT2D eigenvalue weighted by atomic mass is 16.3. The summed E-state index contributed by atoms with van der Waals surface area (Å²) in [5.41, 5.74) is 0.0886. The Kier molecular flexibility index (Phi) is 5.83. The van der Waals surface area contributed by atoms with Gasteiger partial charge in [-0.15, -0.1) is 0 Å². The molecule has 0 radical (unpaired) electrons. The van der Waals surface area contributed by atoms with Gasteiger partial charge in [-0.3, -0.25) is 4.79 Å². The quantitative estimate of drug-likeness (QED) is 0.629. The van der Waals surface area contributed by atoms with Crippen LogP contribution in [0.4, 0.5) is 0 Å². The normalized spacial score (nSPS) is 14.1. The summed E-state index contributed by atoms with van der Waals surface area (Å²) in [6.45, 7) is 7.81. The van der Waals surface area contributed by atoms with Crippen LogP contribution >= 0.6 is 0 Å². The first kappa shape index (κ1) is 14.4. The molecule has 0 bridgehead atoms. The van der Waals surface area contributed by atoms with Gasteiger partial charge in [-0.2, -0.15) is 0 Å². The van der Waals surface area contributed by atoms with Gasteiger partial charge in [0.1, 0.15) is 0 Å². The summed E-state index contributed by atoms with van der Waals surface area (Å²) in [7, 11) is 0. The largest absolute Gasteiger partial charge is 0.394 e. The van der Waals surface area contributed by atoms with E-state index in [-0.39, 0.29) is 30.5 Å². The van der Waals surface area contributed by atoms with Crippen molar-refractivity contribution in [3.63, 3.8) is 0 Å². The first-order chi connectivity index (χ1) is 6.81. The molecule has 90 valence electrons. The summed E-state index contributed by atoms with van der Waals surface area (Å²) in [5.74, 6) is 0.140. The maximum atomic E-state index is 11.5. The van der Waals surface area contributed by atoms with E-state index in [1.807, 2.05) is 6.92 Å². The van der Waals surface area contributed by atoms with Gasteiger partial charge in [-0.1, -0.05) is 27.7 Å². The Balaban J connectivity index is 4.04. The molecule has 0 fully saturated rings. The first-order valence-electron chi connectivity index (χ1n) is 5.32. The van der Waals surface area contributed by atoms with Crippen molar-refractivity contribution < 1.29 is 15.0 Å². The van der Waals surface area contributed by atoms with Crippen LogP contribution < -0.4 is 5.32 Å². The van der Waals surface area contributed by atoms with Gasteiger partial charge in [0.2, 0.25) is 5.91 Å². The van der Waals surface area contributed by atoms with Crippen molar-refractivity contribution in [3.8, 4) is 0 Å². The summed E-state index contributed by atoms with van der Waals surface area (Å²) in [5, 5.41) is 20.2. The fourth-order valence-electron chi connectivity index (χ4n) is 1.02. The fraction of sp³-hybridized carbons (Fsp3) is 0.909. The molecule has 0 aromatic rings. The van der Waals surface area contributed by atoms with Crippen LogP contribution in [-0.2, 0) is 4.79 Å². The van der Waals surface area contributed by atoms with Crippen molar-refractivity contribution >= 4 is 5.91 Å². The molecule has 0 aliphatic heterocycles. The van der Waals surface area contributed by atoms with Gasteiger partial charge in [-0.05, 0) is 11.3 Å². The van der Waals surface area contributed by atoms with Crippen molar-refractivity contribution in [1.82, 2.24) is 5.32 Å². The van der Waals surface area contributed by atoms with E-state index in [1.54, 1.807) is 0 Å². The molecule has 4 nitrogen and oxygen atoms in total. The number of hydrogen-bond acceptors (Lipinski definition) is 3. The lowest BCUT2D eigenvalue weighted by molar-refractivity contribution is -0.124. The van der Waals surface area contributed by atoms with E-state index >= 15 is 0 Å². The zero-order valence-corrected chi connectivity index (χ0v) is 10.1. The Labute approximate surface area is 91.7 Å². The molecule has 0 saturated heterocycles. The maximum Gasteiger partial charge on any atom is 0.220 e. The Morgan fingerprint density at radius 2 is 1.73 bits per heavy atom. The molecule has 1 unspecified atom stereocenters. The summed E-state index contributed by atoms with van der Waals surface area (Å²) in [4.78, 5) is 11.5. The average molecular weight is 217 g/mol. The number of amides is 1. The molecular weight excluding hydrogens is 194 g/mol. The monoisotopic (exact) mass is 217 g/mol. The molecule has 1 amide bonds. The highest BCUT2D eigenvalue weighted by molar-refractivity contribution is 5.76. The highest BCUT2D eigenvalue weighted by Gasteiger charge is 2.23. The third-order valence-electron chi connectivity index (χ3n) is 2.78. The fourth-order valence-corrected chi connectivity index (χ4v) is 1.02. The lowest BCUT2D eigenvalue weighted by Gasteiger charge is -2.27. The van der Waals surface area contributed by atoms with Crippen LogP contribution in [0.15, 0.2) is 0 Å². The predicted octanol–water partition coefficient (Wildman–Crippen LogP) is 0.528. The number of rotatable bonds is 5. The summed E-state index contributed by atoms with van der Waals surface area (Å²) in [6.07, 6.45) is 0.417. The van der Waals surface area contributed by atoms with Crippen molar-refractivity contribution in [1.29, 1.82) is 0 Å². The smallest absolute Gasteiger partial charge is 0.220 e. The first-order valence-corrected chi connectivity index (χ1v) is 5.32. The molecule has 1 atom stereocenters. The topological polar surface area (TPSA) is 69.6 Å². The van der Waals surface area contributed by atoms with Crippen molar-refractivity contribution in [3.05, 3.63) is 0 Å². The van der Waals surface area contributed by atoms with Gasteiger partial charge < -0.3 is 15.5 Å². The lowest BCUT2D eigenvalue weighted by atomic mass is 9.80. The van der Waals surface area contributed by atoms with E-state index < -0.39 is 6.04 Å². The number of aliphatic hydroxyl groups is 2. The minimum atomic E-state index is -0.537. The van der Waals surface area contributed by atoms with E-state index in [0.29, 0.717) is 6.42 Å². The molecule has 0 aromatic heterocycles. The molecule has 0 rings (SSSR count). The number of carbonyl (C=O) groups excluding carboxylic acids is 1. The molecule has 15 heavy (non-hydrogen) atoms. The van der Waals surface area contributed by atoms with Crippen LogP contribution in [-0.4, -0.2) is 35.4 Å². The summed E-state index contributed by atoms with van der Waals surface area (Å²) in [6, 6.07) is -0.537. The molecule has 0 spiro atoms. The van der Waals surface area contributed by atoms with Gasteiger partial charge in [0.15, 0.2) is 0 Å². The SMILES string of the molecule is CC(CC(=O)NC(CO)CO)C(C)(C)C. The standard InChI is InChI=1S/C11H23NO3/c1-8(11(2,3)4)5-10(15)12-9(6-13)7-14/h8-9,13-14H,5-7H2,1-4H3,(H,12,15). The summed E-state index contributed by atoms with van der Waals surface area (Å²) >= 11 is 0. The lowest BCUT2D eigenvalue weighted by Crippen LogP contribution is -2.41. The van der Waals surface area contributed by atoms with E-state index in [2.05, 4.69) is 26.1 Å². The third-order valence-corrected chi connectivity index (χ3v) is 2.78. The Morgan fingerprint density at radius 1 is 1.27 bits per heavy atom. The van der Waals surface area contributed by atoms with Crippen LogP contribution in [0.2, 0.25) is 0 Å². The molecule has 0 aliphatic carbocycles. The molecule has 4 heteroatoms. The third kappa shape index (κ3) is 5.74. The highest BCUT2D eigenvalue weighted by Crippen LogP contribution is 2.27. The Hall–Kier alpha value is -0.610. The van der Waals surface area contributed by atoms with Gasteiger partial charge >= 0.3 is 0 Å². The van der Waals surface area contributed by atoms with Crippen molar-refractivity contribution in [2.75, 3.05) is 13.2 Å². The van der Waals surface area contributed by atoms with Gasteiger partial charge in [0.25, 0.3) is 0 Å². The van der Waals surface area contributed by atoms with E-state index in [4.69, 9.17) is 10.2 Å². The van der Waals surface area contributed by atoms with Gasteiger partial charge in [-0.25, -0.2) is 0 Å². The molecule has 0 saturated carbocycles. The minimum Gasteiger partial charge on any atom is -0.394 e. The van der Waals surface area contributed by atoms with Gasteiger partial charge in [0.05, 0.1) is 19.3 Å². The van der Waals surface area contributed by atoms with E-state index in [0.717, 1.165) is 0 Å². The van der Waals surface area contributed by atoms with Crippen molar-refractivity contribution in [2.24, 2.45) is 11.3 Å². The van der Waals surface area contributed by atoms with E-state index in [1.165, 1.54) is 0 Å². The number of hydrogen-bond donors (Lipinski definition) is 3. The second-order valence-corrected chi connectivity index (χ2v) is 5.10. The number of nitrogens with one attached hydrogen (secondary N) is 1. The summed E-state index contributed by atoms with van der Waals surface area (Å²) < 4.78 is 0. The van der Waals surface area contributed by atoms with Crippen molar-refractivity contribution in [2.45, 2.75) is 40.2 Å². The molecule has 0 aliphatic rings. The van der Waals surface area contributed by atoms with Crippen LogP contribution in [0.5, 0.6) is 0 Å². The second kappa shape index (κ2) is 6.08. The minimum absolute atomic E-state index is 0.0886. The Morgan fingerprint density at radius 3 is 2.07 bits per heavy atom. The molecular formula is C11H23NO3. The zero-order chi connectivity index (χ0) is 12.1. The van der Waals surface area contributed by atoms with Crippen LogP contribution in [0.25, 0.3) is 0 Å². The van der Waals surface area contributed by atoms with Crippen LogP contribution in [0, 0.1) is 11.3 Å².